The van der Waals surface area contributed by atoms with Crippen LogP contribution < -0.4 is 15.6 Å². The largest absolute Gasteiger partial charge is 0.495 e. The number of nitrogens with zero attached hydrogens (tertiary/aromatic N) is 2. The van der Waals surface area contributed by atoms with Gasteiger partial charge in [-0.25, -0.2) is 4.98 Å². The molecule has 3 rings (SSSR count). The van der Waals surface area contributed by atoms with Crippen molar-refractivity contribution in [2.45, 2.75) is 26.6 Å². The van der Waals surface area contributed by atoms with Crippen LogP contribution in [0.15, 0.2) is 35.1 Å². The molecule has 0 spiro atoms. The van der Waals surface area contributed by atoms with Gasteiger partial charge >= 0.3 is 6.18 Å². The van der Waals surface area contributed by atoms with Crippen LogP contribution in [-0.2, 0) is 17.5 Å². The monoisotopic (exact) mass is 439 g/mol. The Morgan fingerprint density at radius 2 is 1.87 bits per heavy atom. The van der Waals surface area contributed by atoms with Crippen LogP contribution in [0.25, 0.3) is 11.0 Å². The van der Waals surface area contributed by atoms with E-state index in [1.54, 1.807) is 19.9 Å². The maximum Gasteiger partial charge on any atom is 0.438 e. The third-order valence-electron chi connectivity index (χ3n) is 4.57. The number of nitrogens with one attached hydrogen (secondary N) is 1. The highest BCUT2D eigenvalue weighted by Gasteiger charge is 2.37. The summed E-state index contributed by atoms with van der Waals surface area (Å²) in [6.07, 6.45) is -4.96. The second kappa shape index (κ2) is 7.98. The number of aryl methyl sites for hydroxylation is 2. The molecule has 1 N–H and O–H groups in total. The number of rotatable bonds is 4. The molecule has 158 valence electrons. The number of alkyl halides is 3. The minimum atomic E-state index is -4.96. The summed E-state index contributed by atoms with van der Waals surface area (Å²) in [5.41, 5.74) is -1.19. The second-order valence-electron chi connectivity index (χ2n) is 6.67. The zero-order valence-corrected chi connectivity index (χ0v) is 17.0. The summed E-state index contributed by atoms with van der Waals surface area (Å²) < 4.78 is 46.0. The molecule has 0 unspecified atom stereocenters. The molecule has 2 aromatic carbocycles. The van der Waals surface area contributed by atoms with E-state index in [-0.39, 0.29) is 16.7 Å². The highest BCUT2D eigenvalue weighted by atomic mass is 35.5. The lowest BCUT2D eigenvalue weighted by Crippen LogP contribution is -2.34. The van der Waals surface area contributed by atoms with E-state index < -0.39 is 29.9 Å². The lowest BCUT2D eigenvalue weighted by molar-refractivity contribution is -0.142. The summed E-state index contributed by atoms with van der Waals surface area (Å²) >= 11 is 5.93. The molecule has 30 heavy (non-hydrogen) atoms. The summed E-state index contributed by atoms with van der Waals surface area (Å²) in [5, 5.41) is 2.84. The van der Waals surface area contributed by atoms with Crippen molar-refractivity contribution in [3.05, 3.63) is 62.5 Å². The lowest BCUT2D eigenvalue weighted by atomic mass is 10.1. The quantitative estimate of drug-likeness (QED) is 0.656. The fourth-order valence-electron chi connectivity index (χ4n) is 2.95. The van der Waals surface area contributed by atoms with Crippen LogP contribution in [0.5, 0.6) is 5.75 Å². The van der Waals surface area contributed by atoms with Crippen molar-refractivity contribution in [3.8, 4) is 5.75 Å². The van der Waals surface area contributed by atoms with Crippen molar-refractivity contribution in [1.82, 2.24) is 9.55 Å². The van der Waals surface area contributed by atoms with Gasteiger partial charge in [-0.2, -0.15) is 13.2 Å². The van der Waals surface area contributed by atoms with Crippen molar-refractivity contribution < 1.29 is 22.7 Å². The van der Waals surface area contributed by atoms with Gasteiger partial charge in [-0.1, -0.05) is 11.6 Å². The van der Waals surface area contributed by atoms with Crippen LogP contribution in [0, 0.1) is 13.8 Å². The standard InChI is InChI=1S/C20H17ClF3N3O3/c1-10-6-13-15(7-11(10)2)27(19(29)18(26-13)20(22,23)24)9-17(28)25-14-8-12(21)4-5-16(14)30-3/h4-8H,9H2,1-3H3,(H,25,28). The summed E-state index contributed by atoms with van der Waals surface area (Å²) in [4.78, 5) is 28.7. The first-order valence-corrected chi connectivity index (χ1v) is 9.11. The van der Waals surface area contributed by atoms with Gasteiger partial charge in [0.05, 0.1) is 23.8 Å². The number of hydrogen-bond donors (Lipinski definition) is 1. The molecule has 10 heteroatoms. The zero-order valence-electron chi connectivity index (χ0n) is 16.2. The molecular formula is C20H17ClF3N3O3. The number of carbonyl (C=O) groups excluding carboxylic acids is 1. The highest BCUT2D eigenvalue weighted by molar-refractivity contribution is 6.31. The number of halogens is 4. The van der Waals surface area contributed by atoms with E-state index in [4.69, 9.17) is 16.3 Å². The van der Waals surface area contributed by atoms with Crippen molar-refractivity contribution in [3.63, 3.8) is 0 Å². The van der Waals surface area contributed by atoms with Crippen LogP contribution in [0.2, 0.25) is 5.02 Å². The van der Waals surface area contributed by atoms with Crippen LogP contribution in [0.3, 0.4) is 0 Å². The Bertz CT molecular complexity index is 1210. The van der Waals surface area contributed by atoms with Crippen LogP contribution >= 0.6 is 11.6 Å². The molecular weight excluding hydrogens is 423 g/mol. The summed E-state index contributed by atoms with van der Waals surface area (Å²) in [6.45, 7) is 2.81. The summed E-state index contributed by atoms with van der Waals surface area (Å²) in [7, 11) is 1.39. The number of benzene rings is 2. The molecule has 0 aliphatic carbocycles. The number of carbonyl (C=O) groups is 1. The number of aromatic nitrogens is 2. The lowest BCUT2D eigenvalue weighted by Gasteiger charge is -2.16. The molecule has 1 aromatic heterocycles. The van der Waals surface area contributed by atoms with Crippen LogP contribution in [0.1, 0.15) is 16.8 Å². The SMILES string of the molecule is COc1ccc(Cl)cc1NC(=O)Cn1c(=O)c(C(F)(F)F)nc2cc(C)c(C)cc21. The van der Waals surface area contributed by atoms with E-state index in [2.05, 4.69) is 10.3 Å². The Morgan fingerprint density at radius 3 is 2.50 bits per heavy atom. The first kappa shape index (κ1) is 21.6. The Morgan fingerprint density at radius 1 is 1.20 bits per heavy atom. The van der Waals surface area contributed by atoms with Gasteiger partial charge in [0, 0.05) is 5.02 Å². The molecule has 6 nitrogen and oxygen atoms in total. The number of methoxy groups -OCH3 is 1. The van der Waals surface area contributed by atoms with Crippen molar-refractivity contribution in [2.24, 2.45) is 0 Å². The van der Waals surface area contributed by atoms with E-state index in [9.17, 15) is 22.8 Å². The van der Waals surface area contributed by atoms with Gasteiger partial charge in [-0.3, -0.25) is 14.2 Å². The fraction of sp³-hybridized carbons (Fsp3) is 0.250. The van der Waals surface area contributed by atoms with Gasteiger partial charge in [0.15, 0.2) is 0 Å². The van der Waals surface area contributed by atoms with Gasteiger partial charge in [-0.15, -0.1) is 0 Å². The topological polar surface area (TPSA) is 73.2 Å². The van der Waals surface area contributed by atoms with Gasteiger partial charge in [0.25, 0.3) is 5.56 Å². The number of amides is 1. The first-order chi connectivity index (χ1) is 14.0. The number of ether oxygens (including phenoxy) is 1. The zero-order chi connectivity index (χ0) is 22.2. The Balaban J connectivity index is 2.10. The molecule has 0 fully saturated rings. The van der Waals surface area contributed by atoms with Gasteiger partial charge in [0.1, 0.15) is 12.3 Å². The Kier molecular flexibility index (Phi) is 5.76. The average molecular weight is 440 g/mol. The number of fused-ring (bicyclic) bond motifs is 1. The van der Waals surface area contributed by atoms with E-state index >= 15 is 0 Å². The molecule has 0 saturated carbocycles. The van der Waals surface area contributed by atoms with Crippen LogP contribution in [-0.4, -0.2) is 22.6 Å². The number of anilines is 1. The minimum absolute atomic E-state index is 0.0295. The van der Waals surface area contributed by atoms with Crippen LogP contribution in [0.4, 0.5) is 18.9 Å². The average Bonchev–Trinajstić information content (AvgIpc) is 2.64. The van der Waals surface area contributed by atoms with E-state index in [1.807, 2.05) is 0 Å². The maximum atomic E-state index is 13.4. The molecule has 0 saturated heterocycles. The third kappa shape index (κ3) is 4.25. The fourth-order valence-corrected chi connectivity index (χ4v) is 3.12. The molecule has 1 amide bonds. The second-order valence-corrected chi connectivity index (χ2v) is 7.10. The molecule has 0 aliphatic rings. The Labute approximate surface area is 174 Å². The van der Waals surface area contributed by atoms with Gasteiger partial charge < -0.3 is 10.1 Å². The maximum absolute atomic E-state index is 13.4. The predicted molar refractivity (Wildman–Crippen MR) is 107 cm³/mol. The normalized spacial score (nSPS) is 11.6. The van der Waals surface area contributed by atoms with Crippen molar-refractivity contribution >= 4 is 34.2 Å². The molecule has 0 atom stereocenters. The van der Waals surface area contributed by atoms with Crippen molar-refractivity contribution in [2.75, 3.05) is 12.4 Å². The molecule has 0 bridgehead atoms. The van der Waals surface area contributed by atoms with Crippen molar-refractivity contribution in [1.29, 1.82) is 0 Å². The van der Waals surface area contributed by atoms with E-state index in [0.717, 1.165) is 10.1 Å². The smallest absolute Gasteiger partial charge is 0.438 e. The van der Waals surface area contributed by atoms with E-state index in [0.29, 0.717) is 16.3 Å². The molecule has 1 heterocycles. The molecule has 0 radical (unpaired) electrons. The van der Waals surface area contributed by atoms with E-state index in [1.165, 1.54) is 31.4 Å². The summed E-state index contributed by atoms with van der Waals surface area (Å²) in [5.74, 6) is -0.418. The molecule has 0 aliphatic heterocycles. The predicted octanol–water partition coefficient (Wildman–Crippen LogP) is 4.33. The third-order valence-corrected chi connectivity index (χ3v) is 4.80. The highest BCUT2D eigenvalue weighted by Crippen LogP contribution is 2.29. The Hall–Kier alpha value is -3.07. The van der Waals surface area contributed by atoms with Gasteiger partial charge in [0.2, 0.25) is 11.6 Å². The summed E-state index contributed by atoms with van der Waals surface area (Å²) in [6, 6.07) is 7.50. The minimum Gasteiger partial charge on any atom is -0.495 e. The number of hydrogen-bond acceptors (Lipinski definition) is 4. The first-order valence-electron chi connectivity index (χ1n) is 8.73. The van der Waals surface area contributed by atoms with Gasteiger partial charge in [-0.05, 0) is 55.3 Å². The molecule has 3 aromatic rings.